The van der Waals surface area contributed by atoms with Crippen LogP contribution in [0, 0.1) is 18.7 Å². The lowest BCUT2D eigenvalue weighted by atomic mass is 9.95. The standard InChI is InChI=1S/C22H20ClFN2O/c1-14(23)11-18(12-16-7-4-3-5-8-16)22(27)26-20-13-17-9-6-10-19(24)21(17)25-15(20)2/h3-10,13,18H,1,11-12H2,2H3,(H,26,27)/t18-/m1/s1. The fourth-order valence-electron chi connectivity index (χ4n) is 3.04. The summed E-state index contributed by atoms with van der Waals surface area (Å²) in [6, 6.07) is 16.3. The van der Waals surface area contributed by atoms with Crippen molar-refractivity contribution in [3.63, 3.8) is 0 Å². The number of carbonyl (C=O) groups excluding carboxylic acids is 1. The maximum Gasteiger partial charge on any atom is 0.228 e. The highest BCUT2D eigenvalue weighted by molar-refractivity contribution is 6.29. The molecule has 2 aromatic carbocycles. The molecule has 0 aliphatic carbocycles. The number of hydrogen-bond donors (Lipinski definition) is 1. The van der Waals surface area contributed by atoms with Crippen LogP contribution in [0.2, 0.25) is 0 Å². The first-order valence-electron chi connectivity index (χ1n) is 8.68. The number of aromatic nitrogens is 1. The highest BCUT2D eigenvalue weighted by atomic mass is 35.5. The van der Waals surface area contributed by atoms with E-state index in [9.17, 15) is 9.18 Å². The van der Waals surface area contributed by atoms with Crippen LogP contribution in [-0.4, -0.2) is 10.9 Å². The smallest absolute Gasteiger partial charge is 0.228 e. The maximum absolute atomic E-state index is 13.9. The minimum atomic E-state index is -0.381. The number of nitrogens with one attached hydrogen (secondary N) is 1. The number of hydrogen-bond acceptors (Lipinski definition) is 2. The molecule has 0 unspecified atom stereocenters. The number of allylic oxidation sites excluding steroid dienone is 1. The molecule has 5 heteroatoms. The van der Waals surface area contributed by atoms with Crippen molar-refractivity contribution in [3.8, 4) is 0 Å². The molecule has 0 spiro atoms. The number of aryl methyl sites for hydroxylation is 1. The van der Waals surface area contributed by atoms with E-state index in [0.717, 1.165) is 5.56 Å². The SMILES string of the molecule is C=C(Cl)C[C@H](Cc1ccccc1)C(=O)Nc1cc2cccc(F)c2nc1C. The number of nitrogens with zero attached hydrogens (tertiary/aromatic N) is 1. The van der Waals surface area contributed by atoms with Gasteiger partial charge in [0.15, 0.2) is 0 Å². The molecular weight excluding hydrogens is 363 g/mol. The lowest BCUT2D eigenvalue weighted by molar-refractivity contribution is -0.119. The zero-order valence-electron chi connectivity index (χ0n) is 15.0. The summed E-state index contributed by atoms with van der Waals surface area (Å²) >= 11 is 5.98. The third kappa shape index (κ3) is 4.72. The summed E-state index contributed by atoms with van der Waals surface area (Å²) in [5, 5.41) is 3.99. The molecule has 1 aromatic heterocycles. The van der Waals surface area contributed by atoms with E-state index in [1.807, 2.05) is 30.3 Å². The Labute approximate surface area is 162 Å². The predicted molar refractivity (Wildman–Crippen MR) is 108 cm³/mol. The third-order valence-corrected chi connectivity index (χ3v) is 4.56. The van der Waals surface area contributed by atoms with Gasteiger partial charge in [0.1, 0.15) is 11.3 Å². The zero-order valence-corrected chi connectivity index (χ0v) is 15.8. The average Bonchev–Trinajstić information content (AvgIpc) is 2.63. The van der Waals surface area contributed by atoms with Crippen LogP contribution >= 0.6 is 11.6 Å². The Hall–Kier alpha value is -2.72. The Kier molecular flexibility index (Phi) is 5.87. The van der Waals surface area contributed by atoms with Crippen LogP contribution in [0.3, 0.4) is 0 Å². The van der Waals surface area contributed by atoms with E-state index in [4.69, 9.17) is 11.6 Å². The molecule has 3 nitrogen and oxygen atoms in total. The van der Waals surface area contributed by atoms with E-state index in [2.05, 4.69) is 16.9 Å². The topological polar surface area (TPSA) is 42.0 Å². The Balaban J connectivity index is 1.85. The van der Waals surface area contributed by atoms with Crippen molar-refractivity contribution in [3.05, 3.63) is 83.3 Å². The number of para-hydroxylation sites is 1. The minimum absolute atomic E-state index is 0.165. The van der Waals surface area contributed by atoms with Gasteiger partial charge in [0.25, 0.3) is 0 Å². The fraction of sp³-hybridized carbons (Fsp3) is 0.182. The third-order valence-electron chi connectivity index (χ3n) is 4.41. The van der Waals surface area contributed by atoms with Crippen molar-refractivity contribution in [2.45, 2.75) is 19.8 Å². The van der Waals surface area contributed by atoms with Gasteiger partial charge in [-0.1, -0.05) is 60.6 Å². The van der Waals surface area contributed by atoms with E-state index < -0.39 is 0 Å². The Morgan fingerprint density at radius 2 is 1.96 bits per heavy atom. The Bertz CT molecular complexity index is 988. The van der Waals surface area contributed by atoms with Gasteiger partial charge in [0.05, 0.1) is 11.4 Å². The van der Waals surface area contributed by atoms with Crippen LogP contribution in [0.1, 0.15) is 17.7 Å². The first kappa shape index (κ1) is 19.1. The zero-order chi connectivity index (χ0) is 19.4. The van der Waals surface area contributed by atoms with Gasteiger partial charge in [0, 0.05) is 16.3 Å². The lowest BCUT2D eigenvalue weighted by Gasteiger charge is -2.18. The second-order valence-corrected chi connectivity index (χ2v) is 7.06. The highest BCUT2D eigenvalue weighted by Gasteiger charge is 2.21. The van der Waals surface area contributed by atoms with Gasteiger partial charge < -0.3 is 5.32 Å². The molecular formula is C22H20ClFN2O. The maximum atomic E-state index is 13.9. The fourth-order valence-corrected chi connectivity index (χ4v) is 3.23. The summed E-state index contributed by atoms with van der Waals surface area (Å²) in [7, 11) is 0. The molecule has 27 heavy (non-hydrogen) atoms. The molecule has 3 rings (SSSR count). The molecule has 1 amide bonds. The largest absolute Gasteiger partial charge is 0.324 e. The molecule has 0 saturated heterocycles. The van der Waals surface area contributed by atoms with E-state index >= 15 is 0 Å². The number of benzene rings is 2. The quantitative estimate of drug-likeness (QED) is 0.601. The number of rotatable bonds is 6. The van der Waals surface area contributed by atoms with E-state index in [1.165, 1.54) is 6.07 Å². The summed E-state index contributed by atoms with van der Waals surface area (Å²) in [5.41, 5.74) is 2.47. The molecule has 1 atom stereocenters. The summed E-state index contributed by atoms with van der Waals surface area (Å²) < 4.78 is 13.9. The minimum Gasteiger partial charge on any atom is -0.324 e. The molecule has 0 saturated carbocycles. The molecule has 0 aliphatic rings. The highest BCUT2D eigenvalue weighted by Crippen LogP contribution is 2.25. The van der Waals surface area contributed by atoms with Crippen LogP contribution in [0.15, 0.2) is 66.2 Å². The lowest BCUT2D eigenvalue weighted by Crippen LogP contribution is -2.25. The molecule has 1 heterocycles. The van der Waals surface area contributed by atoms with Crippen molar-refractivity contribution >= 4 is 34.1 Å². The second-order valence-electron chi connectivity index (χ2n) is 6.53. The number of amides is 1. The normalized spacial score (nSPS) is 12.0. The number of fused-ring (bicyclic) bond motifs is 1. The Morgan fingerprint density at radius 1 is 1.22 bits per heavy atom. The summed E-state index contributed by atoms with van der Waals surface area (Å²) in [6.45, 7) is 5.47. The summed E-state index contributed by atoms with van der Waals surface area (Å²) in [6.07, 6.45) is 0.921. The number of carbonyl (C=O) groups is 1. The molecule has 0 aliphatic heterocycles. The van der Waals surface area contributed by atoms with Crippen LogP contribution < -0.4 is 5.32 Å². The van der Waals surface area contributed by atoms with Crippen molar-refractivity contribution in [2.24, 2.45) is 5.92 Å². The molecule has 1 N–H and O–H groups in total. The van der Waals surface area contributed by atoms with Gasteiger partial charge >= 0.3 is 0 Å². The van der Waals surface area contributed by atoms with Crippen molar-refractivity contribution < 1.29 is 9.18 Å². The van der Waals surface area contributed by atoms with Crippen LogP contribution in [-0.2, 0) is 11.2 Å². The monoisotopic (exact) mass is 382 g/mol. The van der Waals surface area contributed by atoms with Crippen LogP contribution in [0.5, 0.6) is 0 Å². The summed E-state index contributed by atoms with van der Waals surface area (Å²) in [5.74, 6) is -0.907. The molecule has 3 aromatic rings. The molecule has 138 valence electrons. The molecule has 0 fully saturated rings. The molecule has 0 bridgehead atoms. The van der Waals surface area contributed by atoms with Gasteiger partial charge in [-0.2, -0.15) is 0 Å². The molecule has 0 radical (unpaired) electrons. The van der Waals surface area contributed by atoms with Gasteiger partial charge in [0.2, 0.25) is 5.91 Å². The number of pyridine rings is 1. The van der Waals surface area contributed by atoms with E-state index in [-0.39, 0.29) is 17.6 Å². The average molecular weight is 383 g/mol. The van der Waals surface area contributed by atoms with Gasteiger partial charge in [-0.25, -0.2) is 9.37 Å². The first-order valence-corrected chi connectivity index (χ1v) is 9.06. The van der Waals surface area contributed by atoms with Gasteiger partial charge in [-0.3, -0.25) is 4.79 Å². The Morgan fingerprint density at radius 3 is 2.67 bits per heavy atom. The van der Waals surface area contributed by atoms with Crippen LogP contribution in [0.4, 0.5) is 10.1 Å². The predicted octanol–water partition coefficient (Wildman–Crippen LogP) is 5.62. The van der Waals surface area contributed by atoms with Crippen molar-refractivity contribution in [1.82, 2.24) is 4.98 Å². The van der Waals surface area contributed by atoms with E-state index in [1.54, 1.807) is 25.1 Å². The van der Waals surface area contributed by atoms with Crippen LogP contribution in [0.25, 0.3) is 10.9 Å². The second kappa shape index (κ2) is 8.31. The number of halogens is 2. The van der Waals surface area contributed by atoms with Crippen molar-refractivity contribution in [2.75, 3.05) is 5.32 Å². The van der Waals surface area contributed by atoms with Crippen molar-refractivity contribution in [1.29, 1.82) is 0 Å². The number of anilines is 1. The first-order chi connectivity index (χ1) is 12.9. The summed E-state index contributed by atoms with van der Waals surface area (Å²) in [4.78, 5) is 17.2. The van der Waals surface area contributed by atoms with Gasteiger partial charge in [-0.05, 0) is 37.5 Å². The van der Waals surface area contributed by atoms with E-state index in [0.29, 0.717) is 40.2 Å². The van der Waals surface area contributed by atoms with Gasteiger partial charge in [-0.15, -0.1) is 0 Å².